The van der Waals surface area contributed by atoms with Crippen LogP contribution >= 0.6 is 12.4 Å². The summed E-state index contributed by atoms with van der Waals surface area (Å²) in [5.74, 6) is 2.98. The molecule has 0 aromatic heterocycles. The average Bonchev–Trinajstić information content (AvgIpc) is 2.37. The van der Waals surface area contributed by atoms with Crippen molar-refractivity contribution >= 4 is 12.4 Å². The minimum atomic E-state index is 0. The van der Waals surface area contributed by atoms with Crippen molar-refractivity contribution < 1.29 is 0 Å². The molecule has 104 valence electrons. The molecule has 1 aromatic rings. The van der Waals surface area contributed by atoms with Crippen molar-refractivity contribution in [3.05, 3.63) is 35.9 Å². The molecule has 0 radical (unpaired) electrons. The second-order valence-corrected chi connectivity index (χ2v) is 7.17. The van der Waals surface area contributed by atoms with Crippen LogP contribution in [0.25, 0.3) is 0 Å². The maximum absolute atomic E-state index is 6.69. The molecule has 4 fully saturated rings. The van der Waals surface area contributed by atoms with Gasteiger partial charge in [0.15, 0.2) is 0 Å². The lowest BCUT2D eigenvalue weighted by atomic mass is 9.47. The quantitative estimate of drug-likeness (QED) is 0.856. The van der Waals surface area contributed by atoms with E-state index in [-0.39, 0.29) is 18.4 Å². The maximum atomic E-state index is 6.69. The van der Waals surface area contributed by atoms with Gasteiger partial charge in [-0.3, -0.25) is 0 Å². The van der Waals surface area contributed by atoms with Crippen molar-refractivity contribution in [3.8, 4) is 0 Å². The van der Waals surface area contributed by atoms with Gasteiger partial charge in [-0.25, -0.2) is 0 Å². The molecule has 4 aliphatic carbocycles. The van der Waals surface area contributed by atoms with Crippen molar-refractivity contribution in [2.45, 2.75) is 44.6 Å². The largest absolute Gasteiger partial charge is 0.323 e. The van der Waals surface area contributed by atoms with Gasteiger partial charge in [-0.2, -0.15) is 0 Å². The Bertz CT molecular complexity index is 407. The van der Waals surface area contributed by atoms with Crippen LogP contribution in [0.3, 0.4) is 0 Å². The first-order valence-electron chi connectivity index (χ1n) is 7.56. The zero-order valence-electron chi connectivity index (χ0n) is 11.4. The zero-order chi connectivity index (χ0) is 12.2. The van der Waals surface area contributed by atoms with Crippen LogP contribution in [0.5, 0.6) is 0 Å². The van der Waals surface area contributed by atoms with Crippen LogP contribution in [0, 0.1) is 23.2 Å². The summed E-state index contributed by atoms with van der Waals surface area (Å²) in [6.45, 7) is 0. The Morgan fingerprint density at radius 3 is 1.84 bits per heavy atom. The maximum Gasteiger partial charge on any atom is 0.0352 e. The van der Waals surface area contributed by atoms with E-state index in [2.05, 4.69) is 30.3 Å². The summed E-state index contributed by atoms with van der Waals surface area (Å²) in [4.78, 5) is 0. The number of rotatable bonds is 2. The number of nitrogens with two attached hydrogens (primary N) is 1. The Balaban J connectivity index is 0.00000110. The van der Waals surface area contributed by atoms with E-state index in [1.807, 2.05) is 0 Å². The molecular weight excluding hydrogens is 254 g/mol. The van der Waals surface area contributed by atoms with Crippen molar-refractivity contribution in [1.82, 2.24) is 0 Å². The van der Waals surface area contributed by atoms with Gasteiger partial charge in [0.1, 0.15) is 0 Å². The Labute approximate surface area is 122 Å². The molecule has 1 atom stereocenters. The molecular formula is C17H24ClN. The fraction of sp³-hybridized carbons (Fsp3) is 0.647. The Hall–Kier alpha value is -0.530. The lowest BCUT2D eigenvalue weighted by molar-refractivity contribution is -0.0677. The summed E-state index contributed by atoms with van der Waals surface area (Å²) < 4.78 is 0. The smallest absolute Gasteiger partial charge is 0.0352 e. The van der Waals surface area contributed by atoms with Crippen LogP contribution in [0.2, 0.25) is 0 Å². The van der Waals surface area contributed by atoms with Gasteiger partial charge in [-0.15, -0.1) is 12.4 Å². The summed E-state index contributed by atoms with van der Waals surface area (Å²) in [6.07, 6.45) is 8.70. The van der Waals surface area contributed by atoms with Gasteiger partial charge < -0.3 is 5.73 Å². The molecule has 0 spiro atoms. The highest BCUT2D eigenvalue weighted by Gasteiger charge is 2.53. The van der Waals surface area contributed by atoms with Crippen LogP contribution in [0.15, 0.2) is 30.3 Å². The van der Waals surface area contributed by atoms with Crippen molar-refractivity contribution in [2.24, 2.45) is 28.9 Å². The first kappa shape index (κ1) is 13.5. The Morgan fingerprint density at radius 2 is 1.37 bits per heavy atom. The van der Waals surface area contributed by atoms with E-state index in [9.17, 15) is 0 Å². The second-order valence-electron chi connectivity index (χ2n) is 7.17. The monoisotopic (exact) mass is 277 g/mol. The van der Waals surface area contributed by atoms with E-state index in [1.54, 1.807) is 0 Å². The third-order valence-electron chi connectivity index (χ3n) is 5.90. The Kier molecular flexibility index (Phi) is 3.39. The van der Waals surface area contributed by atoms with E-state index >= 15 is 0 Å². The van der Waals surface area contributed by atoms with Gasteiger partial charge in [-0.1, -0.05) is 30.3 Å². The fourth-order valence-corrected chi connectivity index (χ4v) is 5.57. The van der Waals surface area contributed by atoms with Crippen molar-refractivity contribution in [3.63, 3.8) is 0 Å². The van der Waals surface area contributed by atoms with Crippen molar-refractivity contribution in [1.29, 1.82) is 0 Å². The molecule has 1 unspecified atom stereocenters. The third kappa shape index (κ3) is 2.11. The van der Waals surface area contributed by atoms with Crippen LogP contribution in [-0.4, -0.2) is 0 Å². The van der Waals surface area contributed by atoms with E-state index in [4.69, 9.17) is 5.73 Å². The summed E-state index contributed by atoms with van der Waals surface area (Å²) in [7, 11) is 0. The van der Waals surface area contributed by atoms with Crippen LogP contribution < -0.4 is 5.73 Å². The molecule has 2 N–H and O–H groups in total. The van der Waals surface area contributed by atoms with Gasteiger partial charge in [0, 0.05) is 6.04 Å². The number of hydrogen-bond acceptors (Lipinski definition) is 1. The lowest BCUT2D eigenvalue weighted by Crippen LogP contribution is -2.50. The molecule has 19 heavy (non-hydrogen) atoms. The van der Waals surface area contributed by atoms with E-state index in [0.717, 1.165) is 17.8 Å². The predicted octanol–water partition coefficient (Wildman–Crippen LogP) is 4.32. The molecule has 4 aliphatic rings. The van der Waals surface area contributed by atoms with Gasteiger partial charge in [-0.05, 0) is 67.3 Å². The van der Waals surface area contributed by atoms with Crippen LogP contribution in [0.4, 0.5) is 0 Å². The molecule has 2 heteroatoms. The van der Waals surface area contributed by atoms with E-state index < -0.39 is 0 Å². The third-order valence-corrected chi connectivity index (χ3v) is 5.90. The van der Waals surface area contributed by atoms with E-state index in [0.29, 0.717) is 5.41 Å². The molecule has 5 rings (SSSR count). The molecule has 0 heterocycles. The second kappa shape index (κ2) is 4.79. The average molecular weight is 278 g/mol. The highest BCUT2D eigenvalue weighted by atomic mass is 35.5. The van der Waals surface area contributed by atoms with Crippen LogP contribution in [0.1, 0.15) is 50.1 Å². The summed E-state index contributed by atoms with van der Waals surface area (Å²) >= 11 is 0. The molecule has 0 aliphatic heterocycles. The zero-order valence-corrected chi connectivity index (χ0v) is 12.2. The van der Waals surface area contributed by atoms with Gasteiger partial charge >= 0.3 is 0 Å². The molecule has 1 nitrogen and oxygen atoms in total. The molecule has 4 bridgehead atoms. The molecule has 4 saturated carbocycles. The topological polar surface area (TPSA) is 26.0 Å². The minimum Gasteiger partial charge on any atom is -0.323 e. The molecule has 0 amide bonds. The standard InChI is InChI=1S/C17H23N.ClH/c18-16(15-4-2-1-3-5-15)17-9-12-6-13(10-17)8-14(7-12)11-17;/h1-5,12-14,16H,6-11,18H2;1H. The normalized spacial score (nSPS) is 40.8. The first-order valence-corrected chi connectivity index (χ1v) is 7.56. The van der Waals surface area contributed by atoms with Gasteiger partial charge in [0.25, 0.3) is 0 Å². The summed E-state index contributed by atoms with van der Waals surface area (Å²) in [5, 5.41) is 0. The minimum absolute atomic E-state index is 0. The number of benzene rings is 1. The lowest BCUT2D eigenvalue weighted by Gasteiger charge is -2.59. The van der Waals surface area contributed by atoms with E-state index in [1.165, 1.54) is 44.1 Å². The summed E-state index contributed by atoms with van der Waals surface area (Å²) in [5.41, 5.74) is 8.50. The Morgan fingerprint density at radius 1 is 0.895 bits per heavy atom. The predicted molar refractivity (Wildman–Crippen MR) is 81.2 cm³/mol. The van der Waals surface area contributed by atoms with Crippen LogP contribution in [-0.2, 0) is 0 Å². The summed E-state index contributed by atoms with van der Waals surface area (Å²) in [6, 6.07) is 11.1. The highest BCUT2D eigenvalue weighted by molar-refractivity contribution is 5.85. The fourth-order valence-electron chi connectivity index (χ4n) is 5.57. The van der Waals surface area contributed by atoms with Gasteiger partial charge in [0.05, 0.1) is 0 Å². The number of hydrogen-bond donors (Lipinski definition) is 1. The van der Waals surface area contributed by atoms with Crippen molar-refractivity contribution in [2.75, 3.05) is 0 Å². The molecule has 1 aromatic carbocycles. The highest BCUT2D eigenvalue weighted by Crippen LogP contribution is 2.63. The van der Waals surface area contributed by atoms with Gasteiger partial charge in [0.2, 0.25) is 0 Å². The SMILES string of the molecule is Cl.NC(c1ccccc1)C12CC3CC(CC(C3)C1)C2. The number of halogens is 1. The first-order chi connectivity index (χ1) is 8.75. The molecule has 0 saturated heterocycles.